The van der Waals surface area contributed by atoms with Crippen LogP contribution in [-0.2, 0) is 0 Å². The average molecular weight is 185 g/mol. The summed E-state index contributed by atoms with van der Waals surface area (Å²) in [5.74, 6) is 0. The van der Waals surface area contributed by atoms with Crippen molar-refractivity contribution in [2.75, 3.05) is 0 Å². The quantitative estimate of drug-likeness (QED) is 0.771. The standard InChI is InChI=1S/C11H11N3/c12-11(9-4-7-13-8-5-9)10-3-1-2-6-14-10/h1-8,11H,12H2. The molecule has 70 valence electrons. The highest BCUT2D eigenvalue weighted by Gasteiger charge is 2.08. The van der Waals surface area contributed by atoms with Crippen molar-refractivity contribution in [1.29, 1.82) is 0 Å². The van der Waals surface area contributed by atoms with Crippen LogP contribution in [0.2, 0.25) is 0 Å². The molecule has 0 amide bonds. The van der Waals surface area contributed by atoms with Gasteiger partial charge in [0.15, 0.2) is 0 Å². The molecule has 2 rings (SSSR count). The molecule has 2 aromatic rings. The lowest BCUT2D eigenvalue weighted by molar-refractivity contribution is 0.826. The van der Waals surface area contributed by atoms with Gasteiger partial charge in [-0.15, -0.1) is 0 Å². The van der Waals surface area contributed by atoms with Gasteiger partial charge in [0.2, 0.25) is 0 Å². The summed E-state index contributed by atoms with van der Waals surface area (Å²) < 4.78 is 0. The molecule has 14 heavy (non-hydrogen) atoms. The minimum atomic E-state index is -0.167. The van der Waals surface area contributed by atoms with E-state index in [0.717, 1.165) is 11.3 Å². The average Bonchev–Trinajstić information content (AvgIpc) is 2.30. The number of pyridine rings is 2. The Bertz CT molecular complexity index is 346. The summed E-state index contributed by atoms with van der Waals surface area (Å²) in [5, 5.41) is 0. The van der Waals surface area contributed by atoms with Gasteiger partial charge in [0.1, 0.15) is 0 Å². The van der Waals surface area contributed by atoms with Crippen LogP contribution < -0.4 is 5.73 Å². The first-order chi connectivity index (χ1) is 6.88. The van der Waals surface area contributed by atoms with Gasteiger partial charge in [-0.05, 0) is 29.8 Å². The van der Waals surface area contributed by atoms with Gasteiger partial charge in [-0.25, -0.2) is 0 Å². The normalized spacial score (nSPS) is 12.4. The maximum atomic E-state index is 6.03. The van der Waals surface area contributed by atoms with E-state index < -0.39 is 0 Å². The third-order valence-electron chi connectivity index (χ3n) is 2.07. The number of nitrogens with two attached hydrogens (primary N) is 1. The molecule has 1 atom stereocenters. The number of rotatable bonds is 2. The Morgan fingerprint density at radius 1 is 1.00 bits per heavy atom. The lowest BCUT2D eigenvalue weighted by Gasteiger charge is -2.10. The maximum Gasteiger partial charge on any atom is 0.0727 e. The van der Waals surface area contributed by atoms with E-state index in [1.165, 1.54) is 0 Å². The van der Waals surface area contributed by atoms with E-state index in [-0.39, 0.29) is 6.04 Å². The molecular formula is C11H11N3. The molecule has 0 radical (unpaired) electrons. The van der Waals surface area contributed by atoms with Crippen molar-refractivity contribution in [3.63, 3.8) is 0 Å². The van der Waals surface area contributed by atoms with Crippen LogP contribution in [0.15, 0.2) is 48.9 Å². The summed E-state index contributed by atoms with van der Waals surface area (Å²) in [5.41, 5.74) is 7.93. The van der Waals surface area contributed by atoms with Crippen LogP contribution >= 0.6 is 0 Å². The van der Waals surface area contributed by atoms with E-state index in [2.05, 4.69) is 9.97 Å². The van der Waals surface area contributed by atoms with Gasteiger partial charge in [0.05, 0.1) is 11.7 Å². The molecule has 3 nitrogen and oxygen atoms in total. The van der Waals surface area contributed by atoms with E-state index in [1.54, 1.807) is 18.6 Å². The van der Waals surface area contributed by atoms with E-state index in [1.807, 2.05) is 30.3 Å². The van der Waals surface area contributed by atoms with E-state index in [4.69, 9.17) is 5.73 Å². The molecule has 1 unspecified atom stereocenters. The number of aromatic nitrogens is 2. The first-order valence-electron chi connectivity index (χ1n) is 4.44. The predicted molar refractivity (Wildman–Crippen MR) is 54.5 cm³/mol. The fourth-order valence-electron chi connectivity index (χ4n) is 1.30. The van der Waals surface area contributed by atoms with Gasteiger partial charge >= 0.3 is 0 Å². The summed E-state index contributed by atoms with van der Waals surface area (Å²) in [6.45, 7) is 0. The molecule has 0 bridgehead atoms. The molecule has 2 heterocycles. The second-order valence-electron chi connectivity index (χ2n) is 3.01. The monoisotopic (exact) mass is 185 g/mol. The van der Waals surface area contributed by atoms with E-state index >= 15 is 0 Å². The second-order valence-corrected chi connectivity index (χ2v) is 3.01. The van der Waals surface area contributed by atoms with E-state index in [9.17, 15) is 0 Å². The van der Waals surface area contributed by atoms with Crippen LogP contribution in [0, 0.1) is 0 Å². The zero-order chi connectivity index (χ0) is 9.80. The van der Waals surface area contributed by atoms with Crippen molar-refractivity contribution < 1.29 is 0 Å². The third-order valence-corrected chi connectivity index (χ3v) is 2.07. The molecule has 0 spiro atoms. The van der Waals surface area contributed by atoms with Gasteiger partial charge in [-0.1, -0.05) is 6.07 Å². The second kappa shape index (κ2) is 3.98. The number of nitrogens with zero attached hydrogens (tertiary/aromatic N) is 2. The van der Waals surface area contributed by atoms with Crippen LogP contribution in [0.4, 0.5) is 0 Å². The molecule has 0 aliphatic carbocycles. The largest absolute Gasteiger partial charge is 0.319 e. The van der Waals surface area contributed by atoms with Gasteiger partial charge < -0.3 is 5.73 Å². The third kappa shape index (κ3) is 1.78. The summed E-state index contributed by atoms with van der Waals surface area (Å²) >= 11 is 0. The zero-order valence-corrected chi connectivity index (χ0v) is 7.67. The van der Waals surface area contributed by atoms with Gasteiger partial charge in [-0.3, -0.25) is 9.97 Å². The molecular weight excluding hydrogens is 174 g/mol. The SMILES string of the molecule is NC(c1ccncc1)c1ccccn1. The van der Waals surface area contributed by atoms with Crippen LogP contribution in [0.5, 0.6) is 0 Å². The smallest absolute Gasteiger partial charge is 0.0727 e. The molecule has 0 saturated carbocycles. The lowest BCUT2D eigenvalue weighted by Crippen LogP contribution is -2.13. The zero-order valence-electron chi connectivity index (χ0n) is 7.67. The Balaban J connectivity index is 2.30. The highest BCUT2D eigenvalue weighted by atomic mass is 14.8. The molecule has 0 fully saturated rings. The number of hydrogen-bond donors (Lipinski definition) is 1. The fourth-order valence-corrected chi connectivity index (χ4v) is 1.30. The van der Waals surface area contributed by atoms with Gasteiger partial charge in [-0.2, -0.15) is 0 Å². The predicted octanol–water partition coefficient (Wildman–Crippen LogP) is 1.52. The topological polar surface area (TPSA) is 51.8 Å². The van der Waals surface area contributed by atoms with Crippen molar-refractivity contribution in [2.45, 2.75) is 6.04 Å². The Hall–Kier alpha value is -1.74. The highest BCUT2D eigenvalue weighted by molar-refractivity contribution is 5.24. The highest BCUT2D eigenvalue weighted by Crippen LogP contribution is 2.15. The summed E-state index contributed by atoms with van der Waals surface area (Å²) in [6, 6.07) is 9.37. The van der Waals surface area contributed by atoms with Crippen molar-refractivity contribution >= 4 is 0 Å². The number of hydrogen-bond acceptors (Lipinski definition) is 3. The van der Waals surface area contributed by atoms with Crippen LogP contribution in [0.1, 0.15) is 17.3 Å². The van der Waals surface area contributed by atoms with Crippen molar-refractivity contribution in [3.05, 3.63) is 60.2 Å². The Labute approximate surface area is 82.6 Å². The molecule has 0 aromatic carbocycles. The molecule has 2 aromatic heterocycles. The summed E-state index contributed by atoms with van der Waals surface area (Å²) in [4.78, 5) is 8.16. The first-order valence-corrected chi connectivity index (χ1v) is 4.44. The minimum absolute atomic E-state index is 0.167. The van der Waals surface area contributed by atoms with Gasteiger partial charge in [0, 0.05) is 18.6 Å². The Morgan fingerprint density at radius 3 is 2.43 bits per heavy atom. The lowest BCUT2D eigenvalue weighted by atomic mass is 10.1. The summed E-state index contributed by atoms with van der Waals surface area (Å²) in [6.07, 6.45) is 5.21. The van der Waals surface area contributed by atoms with Crippen molar-refractivity contribution in [1.82, 2.24) is 9.97 Å². The van der Waals surface area contributed by atoms with E-state index in [0.29, 0.717) is 0 Å². The molecule has 0 aliphatic rings. The molecule has 3 heteroatoms. The molecule has 0 aliphatic heterocycles. The van der Waals surface area contributed by atoms with Crippen LogP contribution in [0.3, 0.4) is 0 Å². The molecule has 2 N–H and O–H groups in total. The Morgan fingerprint density at radius 2 is 1.79 bits per heavy atom. The molecule has 0 saturated heterocycles. The van der Waals surface area contributed by atoms with Gasteiger partial charge in [0.25, 0.3) is 0 Å². The van der Waals surface area contributed by atoms with Crippen LogP contribution in [-0.4, -0.2) is 9.97 Å². The Kier molecular flexibility index (Phi) is 2.51. The van der Waals surface area contributed by atoms with Crippen molar-refractivity contribution in [3.8, 4) is 0 Å². The first kappa shape index (κ1) is 8.84. The maximum absolute atomic E-state index is 6.03. The minimum Gasteiger partial charge on any atom is -0.319 e. The summed E-state index contributed by atoms with van der Waals surface area (Å²) in [7, 11) is 0. The van der Waals surface area contributed by atoms with Crippen LogP contribution in [0.25, 0.3) is 0 Å². The fraction of sp³-hybridized carbons (Fsp3) is 0.0909. The van der Waals surface area contributed by atoms with Crippen molar-refractivity contribution in [2.24, 2.45) is 5.73 Å².